The van der Waals surface area contributed by atoms with Gasteiger partial charge in [-0.05, 0) is 30.5 Å². The Labute approximate surface area is 136 Å². The van der Waals surface area contributed by atoms with Crippen molar-refractivity contribution in [2.45, 2.75) is 25.9 Å². The number of para-hydroxylation sites is 1. The minimum Gasteiger partial charge on any atom is -0.479 e. The van der Waals surface area contributed by atoms with E-state index in [9.17, 15) is 4.79 Å². The lowest BCUT2D eigenvalue weighted by molar-refractivity contribution is -0.127. The highest BCUT2D eigenvalue weighted by molar-refractivity contribution is 6.32. The lowest BCUT2D eigenvalue weighted by Crippen LogP contribution is -2.38. The van der Waals surface area contributed by atoms with Gasteiger partial charge in [0.05, 0.1) is 5.02 Å². The first-order valence-electron chi connectivity index (χ1n) is 7.31. The smallest absolute Gasteiger partial charge is 0.260 e. The molecular formula is C18H20ClNO2. The standard InChI is InChI=1S/C18H20ClNO2/c1-13(15-8-4-3-5-9-15)12-20-18(21)14(2)22-17-11-7-6-10-16(17)19/h3-11,13-14H,12H2,1-2H3,(H,20,21)/t13-,14-/m0/s1. The van der Waals surface area contributed by atoms with Crippen LogP contribution in [0.4, 0.5) is 0 Å². The third-order valence-electron chi connectivity index (χ3n) is 3.46. The summed E-state index contributed by atoms with van der Waals surface area (Å²) in [4.78, 5) is 12.1. The summed E-state index contributed by atoms with van der Waals surface area (Å²) in [6.45, 7) is 4.36. The van der Waals surface area contributed by atoms with Crippen molar-refractivity contribution in [3.8, 4) is 5.75 Å². The largest absolute Gasteiger partial charge is 0.479 e. The molecule has 2 aromatic carbocycles. The van der Waals surface area contributed by atoms with Crippen LogP contribution in [0.2, 0.25) is 5.02 Å². The number of carbonyl (C=O) groups is 1. The molecule has 0 fully saturated rings. The van der Waals surface area contributed by atoms with Crippen LogP contribution < -0.4 is 10.1 Å². The van der Waals surface area contributed by atoms with Crippen LogP contribution in [0.3, 0.4) is 0 Å². The maximum atomic E-state index is 12.1. The van der Waals surface area contributed by atoms with Gasteiger partial charge in [0, 0.05) is 6.54 Å². The van der Waals surface area contributed by atoms with Crippen LogP contribution in [0.5, 0.6) is 5.75 Å². The molecule has 0 saturated heterocycles. The molecular weight excluding hydrogens is 298 g/mol. The van der Waals surface area contributed by atoms with Crippen LogP contribution >= 0.6 is 11.6 Å². The van der Waals surface area contributed by atoms with Crippen LogP contribution in [0.25, 0.3) is 0 Å². The van der Waals surface area contributed by atoms with E-state index in [1.165, 1.54) is 5.56 Å². The number of hydrogen-bond acceptors (Lipinski definition) is 2. The van der Waals surface area contributed by atoms with Gasteiger partial charge in [-0.3, -0.25) is 4.79 Å². The van der Waals surface area contributed by atoms with Gasteiger partial charge in [0.15, 0.2) is 6.10 Å². The zero-order chi connectivity index (χ0) is 15.9. The van der Waals surface area contributed by atoms with Crippen LogP contribution in [0.1, 0.15) is 25.3 Å². The molecule has 0 heterocycles. The minimum atomic E-state index is -0.595. The Morgan fingerprint density at radius 3 is 2.41 bits per heavy atom. The van der Waals surface area contributed by atoms with Gasteiger partial charge in [-0.25, -0.2) is 0 Å². The Morgan fingerprint density at radius 1 is 1.09 bits per heavy atom. The molecule has 0 saturated carbocycles. The number of nitrogens with one attached hydrogen (secondary N) is 1. The van der Waals surface area contributed by atoms with Gasteiger partial charge in [0.25, 0.3) is 5.91 Å². The molecule has 2 atom stereocenters. The second-order valence-corrected chi connectivity index (χ2v) is 5.65. The zero-order valence-corrected chi connectivity index (χ0v) is 13.5. The number of carbonyl (C=O) groups excluding carboxylic acids is 1. The van der Waals surface area contributed by atoms with E-state index in [0.29, 0.717) is 17.3 Å². The van der Waals surface area contributed by atoms with Crippen molar-refractivity contribution in [1.82, 2.24) is 5.32 Å². The van der Waals surface area contributed by atoms with E-state index in [-0.39, 0.29) is 11.8 Å². The topological polar surface area (TPSA) is 38.3 Å². The Balaban J connectivity index is 1.85. The van der Waals surface area contributed by atoms with Crippen LogP contribution in [-0.4, -0.2) is 18.6 Å². The SMILES string of the molecule is C[C@H](Oc1ccccc1Cl)C(=O)NC[C@H](C)c1ccccc1. The minimum absolute atomic E-state index is 0.150. The van der Waals surface area contributed by atoms with Crippen molar-refractivity contribution in [2.24, 2.45) is 0 Å². The Morgan fingerprint density at radius 2 is 1.73 bits per heavy atom. The molecule has 4 heteroatoms. The quantitative estimate of drug-likeness (QED) is 0.873. The second kappa shape index (κ2) is 7.85. The van der Waals surface area contributed by atoms with Crippen LogP contribution in [0.15, 0.2) is 54.6 Å². The molecule has 0 aliphatic heterocycles. The molecule has 0 aliphatic carbocycles. The summed E-state index contributed by atoms with van der Waals surface area (Å²) in [6.07, 6.45) is -0.595. The van der Waals surface area contributed by atoms with E-state index in [1.807, 2.05) is 30.3 Å². The summed E-state index contributed by atoms with van der Waals surface area (Å²) in [7, 11) is 0. The van der Waals surface area contributed by atoms with Crippen molar-refractivity contribution >= 4 is 17.5 Å². The van der Waals surface area contributed by atoms with E-state index < -0.39 is 6.10 Å². The number of benzene rings is 2. The van der Waals surface area contributed by atoms with E-state index in [1.54, 1.807) is 19.1 Å². The van der Waals surface area contributed by atoms with Gasteiger partial charge in [-0.1, -0.05) is 61.0 Å². The molecule has 0 aliphatic rings. The van der Waals surface area contributed by atoms with Gasteiger partial charge in [-0.2, -0.15) is 0 Å². The fourth-order valence-corrected chi connectivity index (χ4v) is 2.26. The molecule has 0 spiro atoms. The molecule has 0 bridgehead atoms. The number of amides is 1. The molecule has 1 amide bonds. The first-order chi connectivity index (χ1) is 10.6. The van der Waals surface area contributed by atoms with Crippen molar-refractivity contribution in [2.75, 3.05) is 6.54 Å². The Kier molecular flexibility index (Phi) is 5.84. The molecule has 2 aromatic rings. The molecule has 2 rings (SSSR count). The van der Waals surface area contributed by atoms with E-state index >= 15 is 0 Å². The molecule has 116 valence electrons. The van der Waals surface area contributed by atoms with Gasteiger partial charge >= 0.3 is 0 Å². The molecule has 1 N–H and O–H groups in total. The highest BCUT2D eigenvalue weighted by Crippen LogP contribution is 2.24. The van der Waals surface area contributed by atoms with E-state index in [2.05, 4.69) is 24.4 Å². The molecule has 0 radical (unpaired) electrons. The number of hydrogen-bond donors (Lipinski definition) is 1. The summed E-state index contributed by atoms with van der Waals surface area (Å²) < 4.78 is 5.60. The highest BCUT2D eigenvalue weighted by atomic mass is 35.5. The van der Waals surface area contributed by atoms with Crippen molar-refractivity contribution in [1.29, 1.82) is 0 Å². The fourth-order valence-electron chi connectivity index (χ4n) is 2.08. The normalized spacial score (nSPS) is 13.2. The maximum absolute atomic E-state index is 12.1. The first-order valence-corrected chi connectivity index (χ1v) is 7.69. The Bertz CT molecular complexity index is 615. The number of halogens is 1. The monoisotopic (exact) mass is 317 g/mol. The number of rotatable bonds is 6. The van der Waals surface area contributed by atoms with Crippen molar-refractivity contribution < 1.29 is 9.53 Å². The van der Waals surface area contributed by atoms with Crippen molar-refractivity contribution in [3.05, 3.63) is 65.2 Å². The summed E-state index contributed by atoms with van der Waals surface area (Å²) >= 11 is 6.02. The zero-order valence-electron chi connectivity index (χ0n) is 12.8. The van der Waals surface area contributed by atoms with E-state index in [0.717, 1.165) is 0 Å². The molecule has 0 unspecified atom stereocenters. The molecule has 22 heavy (non-hydrogen) atoms. The van der Waals surface area contributed by atoms with Crippen molar-refractivity contribution in [3.63, 3.8) is 0 Å². The average molecular weight is 318 g/mol. The second-order valence-electron chi connectivity index (χ2n) is 5.25. The van der Waals surface area contributed by atoms with Gasteiger partial charge in [0.1, 0.15) is 5.75 Å². The lowest BCUT2D eigenvalue weighted by atomic mass is 10.0. The molecule has 0 aromatic heterocycles. The van der Waals surface area contributed by atoms with Gasteiger partial charge in [0.2, 0.25) is 0 Å². The summed E-state index contributed by atoms with van der Waals surface area (Å²) in [5, 5.41) is 3.41. The predicted molar refractivity (Wildman–Crippen MR) is 89.4 cm³/mol. The summed E-state index contributed by atoms with van der Waals surface area (Å²) in [5.41, 5.74) is 1.20. The number of ether oxygens (including phenoxy) is 1. The van der Waals surface area contributed by atoms with E-state index in [4.69, 9.17) is 16.3 Å². The fraction of sp³-hybridized carbons (Fsp3) is 0.278. The molecule has 3 nitrogen and oxygen atoms in total. The van der Waals surface area contributed by atoms with Crippen LogP contribution in [-0.2, 0) is 4.79 Å². The van der Waals surface area contributed by atoms with Crippen LogP contribution in [0, 0.1) is 0 Å². The highest BCUT2D eigenvalue weighted by Gasteiger charge is 2.16. The van der Waals surface area contributed by atoms with Gasteiger partial charge in [-0.15, -0.1) is 0 Å². The maximum Gasteiger partial charge on any atom is 0.260 e. The average Bonchev–Trinajstić information content (AvgIpc) is 2.55. The third-order valence-corrected chi connectivity index (χ3v) is 3.77. The van der Waals surface area contributed by atoms with Gasteiger partial charge < -0.3 is 10.1 Å². The Hall–Kier alpha value is -2.00. The first kappa shape index (κ1) is 16.4. The summed E-state index contributed by atoms with van der Waals surface area (Å²) in [6, 6.07) is 17.2. The lowest BCUT2D eigenvalue weighted by Gasteiger charge is -2.18. The predicted octanol–water partition coefficient (Wildman–Crippen LogP) is 4.03. The summed E-state index contributed by atoms with van der Waals surface area (Å²) in [5.74, 6) is 0.614. The third kappa shape index (κ3) is 4.50.